The summed E-state index contributed by atoms with van der Waals surface area (Å²) in [5.41, 5.74) is 1.46. The van der Waals surface area contributed by atoms with Crippen LogP contribution >= 0.6 is 11.3 Å². The number of nitrogens with one attached hydrogen (secondary N) is 1. The molecule has 2 aromatic rings. The van der Waals surface area contributed by atoms with Crippen LogP contribution in [0.15, 0.2) is 30.3 Å². The molecule has 94 valence electrons. The number of rotatable bonds is 3. The van der Waals surface area contributed by atoms with E-state index in [-0.39, 0.29) is 11.7 Å². The largest absolute Gasteiger partial charge is 0.348 e. The summed E-state index contributed by atoms with van der Waals surface area (Å²) in [6.07, 6.45) is 0. The van der Waals surface area contributed by atoms with Crippen LogP contribution in [-0.4, -0.2) is 5.91 Å². The summed E-state index contributed by atoms with van der Waals surface area (Å²) >= 11 is 1.60. The summed E-state index contributed by atoms with van der Waals surface area (Å²) in [6.45, 7) is 4.24. The minimum absolute atomic E-state index is 0.110. The average Bonchev–Trinajstić information content (AvgIpc) is 2.66. The molecule has 2 nitrogen and oxygen atoms in total. The highest BCUT2D eigenvalue weighted by Crippen LogP contribution is 2.20. The van der Waals surface area contributed by atoms with Gasteiger partial charge in [0.1, 0.15) is 5.82 Å². The lowest BCUT2D eigenvalue weighted by atomic mass is 10.2. The first-order valence-electron chi connectivity index (χ1n) is 5.66. The van der Waals surface area contributed by atoms with Crippen molar-refractivity contribution in [2.24, 2.45) is 0 Å². The van der Waals surface area contributed by atoms with E-state index >= 15 is 0 Å². The van der Waals surface area contributed by atoms with Gasteiger partial charge in [0.2, 0.25) is 0 Å². The number of halogens is 1. The predicted molar refractivity (Wildman–Crippen MR) is 71.4 cm³/mol. The Bertz CT molecular complexity index is 577. The molecule has 1 N–H and O–H groups in total. The second-order valence-electron chi connectivity index (χ2n) is 4.14. The van der Waals surface area contributed by atoms with Crippen LogP contribution < -0.4 is 5.32 Å². The van der Waals surface area contributed by atoms with Gasteiger partial charge >= 0.3 is 0 Å². The quantitative estimate of drug-likeness (QED) is 0.903. The molecular formula is C14H14FNOS. The molecule has 0 fully saturated rings. The first-order valence-corrected chi connectivity index (χ1v) is 6.47. The zero-order valence-corrected chi connectivity index (χ0v) is 11.1. The van der Waals surface area contributed by atoms with Gasteiger partial charge < -0.3 is 5.32 Å². The number of thiophene rings is 1. The van der Waals surface area contributed by atoms with Crippen molar-refractivity contribution in [2.75, 3.05) is 0 Å². The molecule has 1 aromatic carbocycles. The first-order chi connectivity index (χ1) is 8.56. The highest BCUT2D eigenvalue weighted by atomic mass is 32.1. The van der Waals surface area contributed by atoms with Crippen LogP contribution in [0.4, 0.5) is 4.39 Å². The lowest BCUT2D eigenvalue weighted by Crippen LogP contribution is -2.22. The number of carbonyl (C=O) groups excluding carboxylic acids is 1. The SMILES string of the molecule is Cc1cc(C(=O)NCc2cccc(F)c2)c(C)s1. The molecule has 0 unspecified atom stereocenters. The normalized spacial score (nSPS) is 10.4. The highest BCUT2D eigenvalue weighted by molar-refractivity contribution is 7.12. The molecule has 0 aliphatic carbocycles. The van der Waals surface area contributed by atoms with Crippen molar-refractivity contribution >= 4 is 17.2 Å². The van der Waals surface area contributed by atoms with E-state index in [9.17, 15) is 9.18 Å². The van der Waals surface area contributed by atoms with E-state index in [1.807, 2.05) is 19.9 Å². The lowest BCUT2D eigenvalue weighted by molar-refractivity contribution is 0.0950. The average molecular weight is 263 g/mol. The zero-order valence-electron chi connectivity index (χ0n) is 10.3. The van der Waals surface area contributed by atoms with Crippen LogP contribution in [0, 0.1) is 19.7 Å². The van der Waals surface area contributed by atoms with E-state index in [1.54, 1.807) is 23.5 Å². The molecule has 1 heterocycles. The summed E-state index contributed by atoms with van der Waals surface area (Å²) in [5, 5.41) is 2.80. The first kappa shape index (κ1) is 12.8. The van der Waals surface area contributed by atoms with Crippen molar-refractivity contribution in [3.05, 3.63) is 57.0 Å². The molecule has 18 heavy (non-hydrogen) atoms. The van der Waals surface area contributed by atoms with Gasteiger partial charge in [0.05, 0.1) is 5.56 Å². The van der Waals surface area contributed by atoms with Gasteiger partial charge in [-0.25, -0.2) is 4.39 Å². The molecule has 1 amide bonds. The van der Waals surface area contributed by atoms with Crippen LogP contribution in [0.5, 0.6) is 0 Å². The van der Waals surface area contributed by atoms with E-state index < -0.39 is 0 Å². The fourth-order valence-electron chi connectivity index (χ4n) is 1.78. The molecule has 4 heteroatoms. The molecule has 0 radical (unpaired) electrons. The van der Waals surface area contributed by atoms with Gasteiger partial charge in [-0.3, -0.25) is 4.79 Å². The molecule has 0 spiro atoms. The summed E-state index contributed by atoms with van der Waals surface area (Å²) in [4.78, 5) is 14.1. The van der Waals surface area contributed by atoms with Gasteiger partial charge in [0.25, 0.3) is 5.91 Å². The monoisotopic (exact) mass is 263 g/mol. The number of carbonyl (C=O) groups is 1. The third-order valence-electron chi connectivity index (χ3n) is 2.63. The van der Waals surface area contributed by atoms with Crippen molar-refractivity contribution in [3.63, 3.8) is 0 Å². The Balaban J connectivity index is 2.03. The van der Waals surface area contributed by atoms with Crippen molar-refractivity contribution in [1.29, 1.82) is 0 Å². The second kappa shape index (κ2) is 5.31. The Hall–Kier alpha value is -1.68. The van der Waals surface area contributed by atoms with Crippen molar-refractivity contribution < 1.29 is 9.18 Å². The zero-order chi connectivity index (χ0) is 13.1. The topological polar surface area (TPSA) is 29.1 Å². The standard InChI is InChI=1S/C14H14FNOS/c1-9-6-13(10(2)18-9)14(17)16-8-11-4-3-5-12(15)7-11/h3-7H,8H2,1-2H3,(H,16,17). The lowest BCUT2D eigenvalue weighted by Gasteiger charge is -2.05. The van der Waals surface area contributed by atoms with Gasteiger partial charge in [0.15, 0.2) is 0 Å². The summed E-state index contributed by atoms with van der Waals surface area (Å²) < 4.78 is 13.0. The maximum atomic E-state index is 13.0. The number of hydrogen-bond acceptors (Lipinski definition) is 2. The van der Waals surface area contributed by atoms with Crippen molar-refractivity contribution in [2.45, 2.75) is 20.4 Å². The van der Waals surface area contributed by atoms with E-state index in [1.165, 1.54) is 12.1 Å². The number of amides is 1. The Morgan fingerprint density at radius 2 is 2.11 bits per heavy atom. The Kier molecular flexibility index (Phi) is 3.77. The Morgan fingerprint density at radius 1 is 1.33 bits per heavy atom. The van der Waals surface area contributed by atoms with Crippen LogP contribution in [-0.2, 0) is 6.54 Å². The molecule has 0 aliphatic heterocycles. The van der Waals surface area contributed by atoms with Crippen LogP contribution in [0.3, 0.4) is 0 Å². The van der Waals surface area contributed by atoms with Gasteiger partial charge in [0, 0.05) is 16.3 Å². The van der Waals surface area contributed by atoms with Crippen LogP contribution in [0.25, 0.3) is 0 Å². The number of hydrogen-bond donors (Lipinski definition) is 1. The van der Waals surface area contributed by atoms with Crippen LogP contribution in [0.2, 0.25) is 0 Å². The minimum Gasteiger partial charge on any atom is -0.348 e. The molecule has 0 aliphatic rings. The smallest absolute Gasteiger partial charge is 0.252 e. The van der Waals surface area contributed by atoms with E-state index in [0.717, 1.165) is 15.3 Å². The molecule has 0 bridgehead atoms. The predicted octanol–water partition coefficient (Wildman–Crippen LogP) is 3.43. The summed E-state index contributed by atoms with van der Waals surface area (Å²) in [7, 11) is 0. The van der Waals surface area contributed by atoms with Gasteiger partial charge in [-0.15, -0.1) is 11.3 Å². The number of benzene rings is 1. The molecule has 2 rings (SSSR count). The van der Waals surface area contributed by atoms with Gasteiger partial charge in [-0.05, 0) is 37.6 Å². The maximum absolute atomic E-state index is 13.0. The van der Waals surface area contributed by atoms with Crippen molar-refractivity contribution in [3.8, 4) is 0 Å². The Labute approximate surface area is 109 Å². The third-order valence-corrected chi connectivity index (χ3v) is 3.59. The van der Waals surface area contributed by atoms with E-state index in [2.05, 4.69) is 5.32 Å². The summed E-state index contributed by atoms with van der Waals surface area (Å²) in [5.74, 6) is -0.398. The van der Waals surface area contributed by atoms with Gasteiger partial charge in [-0.2, -0.15) is 0 Å². The summed E-state index contributed by atoms with van der Waals surface area (Å²) in [6, 6.07) is 8.11. The maximum Gasteiger partial charge on any atom is 0.252 e. The van der Waals surface area contributed by atoms with E-state index in [0.29, 0.717) is 12.1 Å². The van der Waals surface area contributed by atoms with E-state index in [4.69, 9.17) is 0 Å². The molecule has 0 atom stereocenters. The Morgan fingerprint density at radius 3 is 2.72 bits per heavy atom. The molecular weight excluding hydrogens is 249 g/mol. The van der Waals surface area contributed by atoms with Crippen molar-refractivity contribution in [1.82, 2.24) is 5.32 Å². The minimum atomic E-state index is -0.288. The highest BCUT2D eigenvalue weighted by Gasteiger charge is 2.11. The molecule has 0 saturated carbocycles. The molecule has 0 saturated heterocycles. The third kappa shape index (κ3) is 2.96. The number of aryl methyl sites for hydroxylation is 2. The fraction of sp³-hybridized carbons (Fsp3) is 0.214. The molecule has 1 aromatic heterocycles. The van der Waals surface area contributed by atoms with Gasteiger partial charge in [-0.1, -0.05) is 12.1 Å². The van der Waals surface area contributed by atoms with Crippen LogP contribution in [0.1, 0.15) is 25.7 Å². The second-order valence-corrected chi connectivity index (χ2v) is 5.60. The fourth-order valence-corrected chi connectivity index (χ4v) is 2.70.